The third kappa shape index (κ3) is 5.59. The van der Waals surface area contributed by atoms with E-state index in [0.29, 0.717) is 29.1 Å². The Kier molecular flexibility index (Phi) is 8.49. The Bertz CT molecular complexity index is 890. The lowest BCUT2D eigenvalue weighted by Gasteiger charge is -2.43. The number of ether oxygens (including phenoxy) is 2. The first-order valence-electron chi connectivity index (χ1n) is 11.6. The van der Waals surface area contributed by atoms with Crippen molar-refractivity contribution in [3.8, 4) is 0 Å². The van der Waals surface area contributed by atoms with Crippen molar-refractivity contribution in [3.63, 3.8) is 0 Å². The highest BCUT2D eigenvalue weighted by molar-refractivity contribution is 8.00. The van der Waals surface area contributed by atoms with Crippen LogP contribution >= 0.6 is 11.8 Å². The number of fused-ring (bicyclic) bond motifs is 1. The highest BCUT2D eigenvalue weighted by Crippen LogP contribution is 2.44. The third-order valence-electron chi connectivity index (χ3n) is 6.30. The van der Waals surface area contributed by atoms with Gasteiger partial charge < -0.3 is 18.3 Å². The number of thioether (sulfide) groups is 1. The summed E-state index contributed by atoms with van der Waals surface area (Å²) in [5.74, 6) is 0. The maximum atomic E-state index is 12.4. The number of hydrogen-bond donors (Lipinski definition) is 1. The molecule has 0 aromatic carbocycles. The molecule has 1 aromatic rings. The zero-order valence-corrected chi connectivity index (χ0v) is 22.1. The number of nitrogens with zero attached hydrogens (tertiary/aromatic N) is 1. The van der Waals surface area contributed by atoms with Gasteiger partial charge in [-0.3, -0.25) is 14.3 Å². The van der Waals surface area contributed by atoms with Crippen LogP contribution in [0.25, 0.3) is 0 Å². The van der Waals surface area contributed by atoms with Gasteiger partial charge in [0, 0.05) is 29.0 Å². The molecule has 0 amide bonds. The minimum absolute atomic E-state index is 0.190. The van der Waals surface area contributed by atoms with Crippen molar-refractivity contribution < 1.29 is 18.3 Å². The van der Waals surface area contributed by atoms with Gasteiger partial charge in [0.25, 0.3) is 5.56 Å². The van der Waals surface area contributed by atoms with Gasteiger partial charge in [0.1, 0.15) is 19.1 Å². The summed E-state index contributed by atoms with van der Waals surface area (Å²) in [6.45, 7) is 15.5. The maximum Gasteiger partial charge on any atom is 0.345 e. The van der Waals surface area contributed by atoms with E-state index in [0.717, 1.165) is 6.42 Å². The quantitative estimate of drug-likeness (QED) is 0.588. The Labute approximate surface area is 195 Å². The van der Waals surface area contributed by atoms with Gasteiger partial charge in [-0.2, -0.15) is 11.8 Å². The third-order valence-corrected chi connectivity index (χ3v) is 12.0. The molecule has 2 aliphatic heterocycles. The van der Waals surface area contributed by atoms with Gasteiger partial charge in [0.15, 0.2) is 0 Å². The molecule has 6 unspecified atom stereocenters. The van der Waals surface area contributed by atoms with Gasteiger partial charge in [-0.25, -0.2) is 4.79 Å². The number of nitrogens with one attached hydrogen (secondary N) is 1. The number of aryl methyl sites for hydroxylation is 1. The van der Waals surface area contributed by atoms with Gasteiger partial charge in [-0.1, -0.05) is 41.5 Å². The molecular formula is C22H38N2O6SSi. The van der Waals surface area contributed by atoms with Crippen molar-refractivity contribution in [1.29, 1.82) is 0 Å². The van der Waals surface area contributed by atoms with Crippen molar-refractivity contribution >= 4 is 20.3 Å². The summed E-state index contributed by atoms with van der Waals surface area (Å²) in [6, 6.07) is 0. The lowest BCUT2D eigenvalue weighted by Crippen LogP contribution is -2.55. The van der Waals surface area contributed by atoms with Crippen LogP contribution in [0, 0.1) is 6.92 Å². The van der Waals surface area contributed by atoms with Crippen LogP contribution in [-0.4, -0.2) is 54.2 Å². The lowest BCUT2D eigenvalue weighted by atomic mass is 10.2. The van der Waals surface area contributed by atoms with Crippen molar-refractivity contribution in [2.45, 2.75) is 101 Å². The van der Waals surface area contributed by atoms with Crippen molar-refractivity contribution in [1.82, 2.24) is 9.55 Å². The fraction of sp³-hybridized carbons (Fsp3) is 0.818. The maximum absolute atomic E-state index is 12.4. The Morgan fingerprint density at radius 1 is 1.19 bits per heavy atom. The molecule has 0 aliphatic carbocycles. The summed E-state index contributed by atoms with van der Waals surface area (Å²) in [5.41, 5.74) is 0.111. The molecule has 2 aliphatic rings. The molecule has 3 heterocycles. The predicted octanol–water partition coefficient (Wildman–Crippen LogP) is 3.68. The van der Waals surface area contributed by atoms with E-state index in [9.17, 15) is 9.59 Å². The normalized spacial score (nSPS) is 30.7. The minimum Gasteiger partial charge on any atom is -0.388 e. The van der Waals surface area contributed by atoms with Crippen molar-refractivity contribution in [2.24, 2.45) is 0 Å². The average molecular weight is 487 g/mol. The van der Waals surface area contributed by atoms with Crippen LogP contribution in [0.4, 0.5) is 0 Å². The number of hydrogen-bond acceptors (Lipinski definition) is 7. The van der Waals surface area contributed by atoms with E-state index in [2.05, 4.69) is 46.5 Å². The van der Waals surface area contributed by atoms with E-state index >= 15 is 0 Å². The first-order chi connectivity index (χ1) is 15.0. The van der Waals surface area contributed by atoms with Crippen LogP contribution in [0.2, 0.25) is 11.1 Å². The fourth-order valence-electron chi connectivity index (χ4n) is 4.83. The van der Waals surface area contributed by atoms with E-state index in [4.69, 9.17) is 18.3 Å². The highest BCUT2D eigenvalue weighted by atomic mass is 32.2. The second-order valence-corrected chi connectivity index (χ2v) is 15.8. The molecule has 6 atom stereocenters. The SMILES string of the molecule is Cc1cn(C2CC3O[Si](C(C)C)(C(C)CC(C)SC(C)C)OCOCC3O2)c(=O)[nH]c1=O. The molecular weight excluding hydrogens is 448 g/mol. The molecule has 0 radical (unpaired) electrons. The van der Waals surface area contributed by atoms with Gasteiger partial charge in [0.2, 0.25) is 0 Å². The van der Waals surface area contributed by atoms with E-state index in [1.54, 1.807) is 13.1 Å². The van der Waals surface area contributed by atoms with Crippen molar-refractivity contribution in [2.75, 3.05) is 13.4 Å². The summed E-state index contributed by atoms with van der Waals surface area (Å²) in [4.78, 5) is 26.5. The monoisotopic (exact) mass is 486 g/mol. The molecule has 0 bridgehead atoms. The molecule has 3 rings (SSSR count). The standard InChI is InChI=1S/C22H38N2O6SSi/c1-13(2)31-16(6)8-17(7)32(14(3)4)28-12-27-11-19-18(30-32)9-20(29-19)24-10-15(5)21(25)23-22(24)26/h10,13-14,16-20H,8-9,11-12H2,1-7H3,(H,23,25,26). The average Bonchev–Trinajstić information content (AvgIpc) is 3.05. The Balaban J connectivity index is 1.84. The highest BCUT2D eigenvalue weighted by Gasteiger charge is 2.53. The second kappa shape index (κ2) is 10.6. The number of aromatic amines is 1. The fourth-order valence-corrected chi connectivity index (χ4v) is 10.3. The second-order valence-electron chi connectivity index (χ2n) is 9.64. The summed E-state index contributed by atoms with van der Waals surface area (Å²) < 4.78 is 26.8. The number of aromatic nitrogens is 2. The summed E-state index contributed by atoms with van der Waals surface area (Å²) in [7, 11) is -2.67. The smallest absolute Gasteiger partial charge is 0.345 e. The van der Waals surface area contributed by atoms with E-state index < -0.39 is 20.5 Å². The minimum atomic E-state index is -2.67. The molecule has 32 heavy (non-hydrogen) atoms. The van der Waals surface area contributed by atoms with Crippen LogP contribution in [0.3, 0.4) is 0 Å². The number of rotatable bonds is 7. The Morgan fingerprint density at radius 3 is 2.56 bits per heavy atom. The van der Waals surface area contributed by atoms with Gasteiger partial charge in [0.05, 0.1) is 12.7 Å². The molecule has 0 spiro atoms. The van der Waals surface area contributed by atoms with Crippen LogP contribution in [-0.2, 0) is 18.3 Å². The lowest BCUT2D eigenvalue weighted by molar-refractivity contribution is -0.116. The first kappa shape index (κ1) is 25.7. The molecule has 10 heteroatoms. The summed E-state index contributed by atoms with van der Waals surface area (Å²) >= 11 is 1.98. The van der Waals surface area contributed by atoms with E-state index in [-0.39, 0.29) is 35.6 Å². The Morgan fingerprint density at radius 2 is 1.91 bits per heavy atom. The van der Waals surface area contributed by atoms with Crippen LogP contribution in [0.5, 0.6) is 0 Å². The largest absolute Gasteiger partial charge is 0.388 e. The summed E-state index contributed by atoms with van der Waals surface area (Å²) in [5, 5.41) is 1.07. The molecule has 8 nitrogen and oxygen atoms in total. The van der Waals surface area contributed by atoms with Crippen molar-refractivity contribution in [3.05, 3.63) is 32.6 Å². The molecule has 2 saturated heterocycles. The van der Waals surface area contributed by atoms with Crippen LogP contribution < -0.4 is 11.2 Å². The Hall–Kier alpha value is -0.913. The molecule has 0 saturated carbocycles. The summed E-state index contributed by atoms with van der Waals surface area (Å²) in [6.07, 6.45) is 2.04. The zero-order chi connectivity index (χ0) is 23.6. The topological polar surface area (TPSA) is 91.8 Å². The number of H-pyrrole nitrogens is 1. The van der Waals surface area contributed by atoms with Gasteiger partial charge in [-0.05, 0) is 24.1 Å². The molecule has 1 N–H and O–H groups in total. The van der Waals surface area contributed by atoms with Gasteiger partial charge in [-0.15, -0.1) is 0 Å². The molecule has 2 fully saturated rings. The van der Waals surface area contributed by atoms with E-state index in [1.807, 2.05) is 11.8 Å². The first-order valence-corrected chi connectivity index (χ1v) is 14.5. The molecule has 182 valence electrons. The van der Waals surface area contributed by atoms with Gasteiger partial charge >= 0.3 is 14.3 Å². The van der Waals surface area contributed by atoms with E-state index in [1.165, 1.54) is 4.57 Å². The van der Waals surface area contributed by atoms with Crippen LogP contribution in [0.15, 0.2) is 15.8 Å². The molecule has 1 aromatic heterocycles. The van der Waals surface area contributed by atoms with Crippen LogP contribution in [0.1, 0.15) is 66.2 Å². The zero-order valence-electron chi connectivity index (χ0n) is 20.3. The predicted molar refractivity (Wildman–Crippen MR) is 128 cm³/mol.